The second kappa shape index (κ2) is 9.94. The molecule has 2 amide bonds. The fraction of sp³-hybridized carbons (Fsp3) is 0.565. The smallest absolute Gasteiger partial charge is 0.317 e. The van der Waals surface area contributed by atoms with Crippen LogP contribution in [0.25, 0.3) is 11.3 Å². The summed E-state index contributed by atoms with van der Waals surface area (Å²) in [6.07, 6.45) is 8.03. The third kappa shape index (κ3) is 5.24. The van der Waals surface area contributed by atoms with E-state index in [9.17, 15) is 9.59 Å². The molecule has 166 valence electrons. The minimum absolute atomic E-state index is 0.0202. The molecule has 0 radical (unpaired) electrons. The molecule has 0 saturated heterocycles. The highest BCUT2D eigenvalue weighted by molar-refractivity contribution is 5.74. The minimum Gasteiger partial charge on any atom is -0.466 e. The van der Waals surface area contributed by atoms with Crippen molar-refractivity contribution in [2.75, 3.05) is 19.7 Å². The van der Waals surface area contributed by atoms with Gasteiger partial charge in [-0.05, 0) is 63.1 Å². The van der Waals surface area contributed by atoms with E-state index in [1.54, 1.807) is 6.20 Å². The molecule has 3 heterocycles. The molecule has 4 rings (SSSR count). The van der Waals surface area contributed by atoms with Crippen molar-refractivity contribution in [3.8, 4) is 11.3 Å². The summed E-state index contributed by atoms with van der Waals surface area (Å²) in [6.45, 7) is 5.01. The van der Waals surface area contributed by atoms with Crippen LogP contribution in [0.2, 0.25) is 0 Å². The predicted octanol–water partition coefficient (Wildman–Crippen LogP) is 3.23. The number of hydrogen-bond acceptors (Lipinski definition) is 5. The Labute approximate surface area is 183 Å². The summed E-state index contributed by atoms with van der Waals surface area (Å²) in [5.41, 5.74) is 2.92. The van der Waals surface area contributed by atoms with E-state index in [0.29, 0.717) is 32.2 Å². The molecule has 0 bridgehead atoms. The van der Waals surface area contributed by atoms with Crippen molar-refractivity contribution in [3.05, 3.63) is 36.3 Å². The Hall–Kier alpha value is -2.90. The Kier molecular flexibility index (Phi) is 6.84. The molecule has 1 aliphatic heterocycles. The van der Waals surface area contributed by atoms with Crippen molar-refractivity contribution in [2.45, 2.75) is 52.1 Å². The van der Waals surface area contributed by atoms with Crippen LogP contribution in [0.5, 0.6) is 0 Å². The second-order valence-electron chi connectivity index (χ2n) is 8.42. The summed E-state index contributed by atoms with van der Waals surface area (Å²) in [6, 6.07) is 5.93. The van der Waals surface area contributed by atoms with Crippen LogP contribution in [0.15, 0.2) is 30.6 Å². The molecule has 1 fully saturated rings. The lowest BCUT2D eigenvalue weighted by Gasteiger charge is -2.28. The maximum Gasteiger partial charge on any atom is 0.317 e. The van der Waals surface area contributed by atoms with Crippen molar-refractivity contribution in [1.82, 2.24) is 25.0 Å². The van der Waals surface area contributed by atoms with E-state index < -0.39 is 0 Å². The number of pyridine rings is 1. The fourth-order valence-corrected chi connectivity index (χ4v) is 4.50. The molecule has 1 saturated carbocycles. The molecule has 0 aromatic carbocycles. The first kappa shape index (κ1) is 21.3. The first-order chi connectivity index (χ1) is 15.1. The number of carbonyl (C=O) groups is 2. The summed E-state index contributed by atoms with van der Waals surface area (Å²) in [5, 5.41) is 7.83. The van der Waals surface area contributed by atoms with E-state index in [-0.39, 0.29) is 17.9 Å². The van der Waals surface area contributed by atoms with Gasteiger partial charge in [0.2, 0.25) is 0 Å². The van der Waals surface area contributed by atoms with Crippen LogP contribution < -0.4 is 5.32 Å². The Bertz CT molecular complexity index is 890. The van der Waals surface area contributed by atoms with Gasteiger partial charge in [-0.15, -0.1) is 0 Å². The highest BCUT2D eigenvalue weighted by Crippen LogP contribution is 2.29. The van der Waals surface area contributed by atoms with Crippen LogP contribution >= 0.6 is 0 Å². The lowest BCUT2D eigenvalue weighted by Crippen LogP contribution is -2.42. The molecule has 8 nitrogen and oxygen atoms in total. The zero-order chi connectivity index (χ0) is 21.6. The Morgan fingerprint density at radius 1 is 1.23 bits per heavy atom. The van der Waals surface area contributed by atoms with Crippen LogP contribution in [0.3, 0.4) is 0 Å². The summed E-state index contributed by atoms with van der Waals surface area (Å²) in [7, 11) is 0. The summed E-state index contributed by atoms with van der Waals surface area (Å²) in [5.74, 6) is 0.368. The maximum atomic E-state index is 12.8. The van der Waals surface area contributed by atoms with E-state index in [0.717, 1.165) is 55.6 Å². The molecule has 8 heteroatoms. The molecule has 2 aliphatic rings. The van der Waals surface area contributed by atoms with Crippen LogP contribution in [-0.2, 0) is 22.6 Å². The molecule has 1 aliphatic carbocycles. The average molecular weight is 426 g/mol. The lowest BCUT2D eigenvalue weighted by atomic mass is 9.82. The molecule has 2 aromatic heterocycles. The van der Waals surface area contributed by atoms with Gasteiger partial charge < -0.3 is 15.0 Å². The predicted molar refractivity (Wildman–Crippen MR) is 116 cm³/mol. The van der Waals surface area contributed by atoms with Gasteiger partial charge in [-0.1, -0.05) is 0 Å². The summed E-state index contributed by atoms with van der Waals surface area (Å²) >= 11 is 0. The number of esters is 1. The monoisotopic (exact) mass is 425 g/mol. The number of hydrogen-bond donors (Lipinski definition) is 1. The largest absolute Gasteiger partial charge is 0.466 e. The number of nitrogens with zero attached hydrogens (tertiary/aromatic N) is 4. The first-order valence-electron chi connectivity index (χ1n) is 11.3. The van der Waals surface area contributed by atoms with Crippen LogP contribution in [-0.4, -0.2) is 51.4 Å². The van der Waals surface area contributed by atoms with Crippen molar-refractivity contribution in [3.63, 3.8) is 0 Å². The van der Waals surface area contributed by atoms with Crippen LogP contribution in [0, 0.1) is 11.8 Å². The van der Waals surface area contributed by atoms with Crippen LogP contribution in [0.4, 0.5) is 4.79 Å². The van der Waals surface area contributed by atoms with Crippen molar-refractivity contribution < 1.29 is 14.3 Å². The molecule has 0 atom stereocenters. The lowest BCUT2D eigenvalue weighted by molar-refractivity contribution is -0.149. The molecule has 0 unspecified atom stereocenters. The average Bonchev–Trinajstić information content (AvgIpc) is 3.10. The fourth-order valence-electron chi connectivity index (χ4n) is 4.50. The van der Waals surface area contributed by atoms with Crippen LogP contribution in [0.1, 0.15) is 44.7 Å². The van der Waals surface area contributed by atoms with Gasteiger partial charge in [0.15, 0.2) is 0 Å². The number of nitrogens with one attached hydrogen (secondary N) is 1. The number of ether oxygens (including phenoxy) is 1. The number of amides is 2. The number of urea groups is 1. The van der Waals surface area contributed by atoms with Gasteiger partial charge in [0.05, 0.1) is 30.5 Å². The van der Waals surface area contributed by atoms with Gasteiger partial charge in [0, 0.05) is 37.6 Å². The molecule has 0 spiro atoms. The Morgan fingerprint density at radius 3 is 2.81 bits per heavy atom. The Balaban J connectivity index is 1.29. The van der Waals surface area contributed by atoms with E-state index in [2.05, 4.69) is 16.4 Å². The second-order valence-corrected chi connectivity index (χ2v) is 8.42. The summed E-state index contributed by atoms with van der Waals surface area (Å²) < 4.78 is 7.14. The highest BCUT2D eigenvalue weighted by atomic mass is 16.5. The molecule has 1 N–H and O–H groups in total. The van der Waals surface area contributed by atoms with E-state index in [4.69, 9.17) is 9.84 Å². The zero-order valence-electron chi connectivity index (χ0n) is 18.1. The number of carbonyl (C=O) groups excluding carboxylic acids is 2. The Morgan fingerprint density at radius 2 is 2.06 bits per heavy atom. The van der Waals surface area contributed by atoms with Gasteiger partial charge >= 0.3 is 12.0 Å². The third-order valence-electron chi connectivity index (χ3n) is 6.27. The number of rotatable bonds is 5. The van der Waals surface area contributed by atoms with Gasteiger partial charge in [-0.2, -0.15) is 5.10 Å². The molecule has 2 aromatic rings. The van der Waals surface area contributed by atoms with Crippen molar-refractivity contribution in [2.24, 2.45) is 11.8 Å². The summed E-state index contributed by atoms with van der Waals surface area (Å²) in [4.78, 5) is 30.8. The maximum absolute atomic E-state index is 12.8. The number of aryl methyl sites for hydroxylation is 1. The van der Waals surface area contributed by atoms with E-state index >= 15 is 0 Å². The topological polar surface area (TPSA) is 89.4 Å². The highest BCUT2D eigenvalue weighted by Gasteiger charge is 2.28. The standard InChI is InChI=1S/C23H31N5O3/c1-2-31-22(29)18-8-6-17(7-9-18)14-25-23(30)27-11-4-12-28-20(16-27)13-21(26-28)19-5-3-10-24-15-19/h3,5,10,13,15,17-18H,2,4,6-9,11-12,14,16H2,1H3,(H,25,30). The van der Waals surface area contributed by atoms with Crippen molar-refractivity contribution in [1.29, 1.82) is 0 Å². The third-order valence-corrected chi connectivity index (χ3v) is 6.27. The van der Waals surface area contributed by atoms with E-state index in [1.807, 2.05) is 34.8 Å². The van der Waals surface area contributed by atoms with E-state index in [1.165, 1.54) is 0 Å². The van der Waals surface area contributed by atoms with Gasteiger partial charge in [0.1, 0.15) is 0 Å². The number of aromatic nitrogens is 3. The number of fused-ring (bicyclic) bond motifs is 1. The SMILES string of the molecule is CCOC(=O)C1CCC(CNC(=O)N2CCCn3nc(-c4cccnc4)cc3C2)CC1. The molecule has 31 heavy (non-hydrogen) atoms. The quantitative estimate of drug-likeness (QED) is 0.743. The normalized spacial score (nSPS) is 21.1. The van der Waals surface area contributed by atoms with Gasteiger partial charge in [-0.3, -0.25) is 14.5 Å². The van der Waals surface area contributed by atoms with Gasteiger partial charge in [0.25, 0.3) is 0 Å². The molecular weight excluding hydrogens is 394 g/mol. The molecular formula is C23H31N5O3. The minimum atomic E-state index is -0.0724. The van der Waals surface area contributed by atoms with Gasteiger partial charge in [-0.25, -0.2) is 4.79 Å². The first-order valence-corrected chi connectivity index (χ1v) is 11.3. The zero-order valence-corrected chi connectivity index (χ0v) is 18.1. The van der Waals surface area contributed by atoms with Crippen molar-refractivity contribution >= 4 is 12.0 Å².